The van der Waals surface area contributed by atoms with Crippen molar-refractivity contribution in [2.24, 2.45) is 4.99 Å². The Morgan fingerprint density at radius 2 is 1.90 bits per heavy atom. The molecule has 3 heteroatoms. The highest BCUT2D eigenvalue weighted by Crippen LogP contribution is 2.14. The van der Waals surface area contributed by atoms with Crippen molar-refractivity contribution < 1.29 is 5.11 Å². The lowest BCUT2D eigenvalue weighted by molar-refractivity contribution is 0.475. The zero-order chi connectivity index (χ0) is 15.1. The lowest BCUT2D eigenvalue weighted by atomic mass is 10.0. The SMILES string of the molecule is CC[C@H](Cc1ccc(O)cc1)N=CCc1cccc(Cl)c1. The van der Waals surface area contributed by atoms with Crippen LogP contribution in [0.5, 0.6) is 5.75 Å². The molecule has 2 nitrogen and oxygen atoms in total. The molecule has 1 N–H and O–H groups in total. The van der Waals surface area contributed by atoms with Gasteiger partial charge < -0.3 is 5.11 Å². The van der Waals surface area contributed by atoms with E-state index in [9.17, 15) is 5.11 Å². The summed E-state index contributed by atoms with van der Waals surface area (Å²) in [6.45, 7) is 2.14. The van der Waals surface area contributed by atoms with E-state index in [4.69, 9.17) is 11.6 Å². The molecule has 0 aliphatic heterocycles. The summed E-state index contributed by atoms with van der Waals surface area (Å²) in [6, 6.07) is 15.5. The maximum atomic E-state index is 9.30. The highest BCUT2D eigenvalue weighted by atomic mass is 35.5. The summed E-state index contributed by atoms with van der Waals surface area (Å²) in [6.07, 6.45) is 4.66. The van der Waals surface area contributed by atoms with E-state index in [0.717, 1.165) is 24.3 Å². The minimum absolute atomic E-state index is 0.272. The molecule has 0 aliphatic rings. The van der Waals surface area contributed by atoms with Gasteiger partial charge in [-0.3, -0.25) is 4.99 Å². The number of halogens is 1. The highest BCUT2D eigenvalue weighted by molar-refractivity contribution is 6.30. The minimum atomic E-state index is 0.272. The summed E-state index contributed by atoms with van der Waals surface area (Å²) in [5, 5.41) is 10.1. The number of phenols is 1. The van der Waals surface area contributed by atoms with Gasteiger partial charge >= 0.3 is 0 Å². The van der Waals surface area contributed by atoms with Crippen LogP contribution in [0.3, 0.4) is 0 Å². The second kappa shape index (κ2) is 7.84. The lowest BCUT2D eigenvalue weighted by Gasteiger charge is -2.10. The molecular formula is C18H20ClNO. The van der Waals surface area contributed by atoms with Gasteiger partial charge in [-0.25, -0.2) is 0 Å². The van der Waals surface area contributed by atoms with Gasteiger partial charge in [-0.1, -0.05) is 42.8 Å². The average Bonchev–Trinajstić information content (AvgIpc) is 2.48. The molecule has 21 heavy (non-hydrogen) atoms. The fourth-order valence-corrected chi connectivity index (χ4v) is 2.39. The largest absolute Gasteiger partial charge is 0.508 e. The van der Waals surface area contributed by atoms with Crippen LogP contribution in [-0.4, -0.2) is 17.4 Å². The Labute approximate surface area is 131 Å². The predicted octanol–water partition coefficient (Wildman–Crippen LogP) is 4.68. The van der Waals surface area contributed by atoms with Gasteiger partial charge in [-0.15, -0.1) is 0 Å². The van der Waals surface area contributed by atoms with Crippen LogP contribution >= 0.6 is 11.6 Å². The molecule has 0 aromatic heterocycles. The molecule has 2 aromatic rings. The molecule has 2 aromatic carbocycles. The van der Waals surface area contributed by atoms with Crippen molar-refractivity contribution in [1.82, 2.24) is 0 Å². The van der Waals surface area contributed by atoms with Crippen LogP contribution in [0, 0.1) is 0 Å². The summed E-state index contributed by atoms with van der Waals surface area (Å²) in [7, 11) is 0. The third-order valence-electron chi connectivity index (χ3n) is 3.41. The van der Waals surface area contributed by atoms with Gasteiger partial charge in [0, 0.05) is 17.7 Å². The number of aromatic hydroxyl groups is 1. The fourth-order valence-electron chi connectivity index (χ4n) is 2.18. The van der Waals surface area contributed by atoms with Crippen molar-refractivity contribution in [3.63, 3.8) is 0 Å². The zero-order valence-corrected chi connectivity index (χ0v) is 12.9. The molecule has 1 atom stereocenters. The second-order valence-electron chi connectivity index (χ2n) is 5.10. The quantitative estimate of drug-likeness (QED) is 0.772. The summed E-state index contributed by atoms with van der Waals surface area (Å²) in [4.78, 5) is 4.65. The number of hydrogen-bond donors (Lipinski definition) is 1. The van der Waals surface area contributed by atoms with Crippen LogP contribution < -0.4 is 0 Å². The normalized spacial score (nSPS) is 12.7. The van der Waals surface area contributed by atoms with Gasteiger partial charge in [0.15, 0.2) is 0 Å². The van der Waals surface area contributed by atoms with E-state index in [-0.39, 0.29) is 6.04 Å². The molecule has 110 valence electrons. The molecule has 0 aliphatic carbocycles. The minimum Gasteiger partial charge on any atom is -0.508 e. The van der Waals surface area contributed by atoms with Crippen LogP contribution in [0.4, 0.5) is 0 Å². The van der Waals surface area contributed by atoms with Crippen LogP contribution in [0.25, 0.3) is 0 Å². The molecule has 0 saturated carbocycles. The zero-order valence-electron chi connectivity index (χ0n) is 12.2. The Kier molecular flexibility index (Phi) is 5.82. The van der Waals surface area contributed by atoms with Crippen molar-refractivity contribution in [2.45, 2.75) is 32.2 Å². The molecule has 0 amide bonds. The molecule has 0 fully saturated rings. The molecule has 0 unspecified atom stereocenters. The van der Waals surface area contributed by atoms with Crippen molar-refractivity contribution in [1.29, 1.82) is 0 Å². The van der Waals surface area contributed by atoms with Crippen LogP contribution in [0.1, 0.15) is 24.5 Å². The van der Waals surface area contributed by atoms with Gasteiger partial charge in [-0.2, -0.15) is 0 Å². The van der Waals surface area contributed by atoms with Crippen molar-refractivity contribution in [2.75, 3.05) is 0 Å². The first-order valence-corrected chi connectivity index (χ1v) is 7.59. The fraction of sp³-hybridized carbons (Fsp3) is 0.278. The molecule has 0 heterocycles. The molecule has 0 radical (unpaired) electrons. The Balaban J connectivity index is 1.92. The Bertz CT molecular complexity index is 592. The summed E-state index contributed by atoms with van der Waals surface area (Å²) in [5.74, 6) is 0.302. The van der Waals surface area contributed by atoms with E-state index in [2.05, 4.69) is 18.0 Å². The number of benzene rings is 2. The van der Waals surface area contributed by atoms with Gasteiger partial charge in [-0.05, 0) is 48.2 Å². The van der Waals surface area contributed by atoms with Crippen molar-refractivity contribution in [3.05, 3.63) is 64.7 Å². The van der Waals surface area contributed by atoms with E-state index in [0.29, 0.717) is 5.75 Å². The van der Waals surface area contributed by atoms with Crippen LogP contribution in [0.2, 0.25) is 5.02 Å². The molecule has 2 rings (SSSR count). The molecule has 0 saturated heterocycles. The number of rotatable bonds is 6. The summed E-state index contributed by atoms with van der Waals surface area (Å²) < 4.78 is 0. The second-order valence-corrected chi connectivity index (χ2v) is 5.53. The third kappa shape index (κ3) is 5.24. The Hall–Kier alpha value is -1.80. The number of aliphatic imine (C=N–C) groups is 1. The highest BCUT2D eigenvalue weighted by Gasteiger charge is 2.04. The summed E-state index contributed by atoms with van der Waals surface area (Å²) in [5.41, 5.74) is 2.37. The van der Waals surface area contributed by atoms with E-state index in [1.54, 1.807) is 12.1 Å². The molecular weight excluding hydrogens is 282 g/mol. The third-order valence-corrected chi connectivity index (χ3v) is 3.65. The van der Waals surface area contributed by atoms with Crippen LogP contribution in [-0.2, 0) is 12.8 Å². The van der Waals surface area contributed by atoms with E-state index in [1.807, 2.05) is 36.5 Å². The standard InChI is InChI=1S/C18H20ClNO/c1-2-17(13-15-6-8-18(21)9-7-15)20-11-10-14-4-3-5-16(19)12-14/h3-9,11-12,17,21H,2,10,13H2,1H3/t17-/m1/s1. The van der Waals surface area contributed by atoms with Crippen LogP contribution in [0.15, 0.2) is 53.5 Å². The first kappa shape index (κ1) is 15.6. The summed E-state index contributed by atoms with van der Waals surface area (Å²) >= 11 is 5.97. The first-order chi connectivity index (χ1) is 10.2. The van der Waals surface area contributed by atoms with Crippen molar-refractivity contribution in [3.8, 4) is 5.75 Å². The van der Waals surface area contributed by atoms with Gasteiger partial charge in [0.25, 0.3) is 0 Å². The van der Waals surface area contributed by atoms with E-state index >= 15 is 0 Å². The van der Waals surface area contributed by atoms with Gasteiger partial charge in [0.05, 0.1) is 6.04 Å². The number of nitrogens with zero attached hydrogens (tertiary/aromatic N) is 1. The monoisotopic (exact) mass is 301 g/mol. The lowest BCUT2D eigenvalue weighted by Crippen LogP contribution is -2.07. The average molecular weight is 302 g/mol. The predicted molar refractivity (Wildman–Crippen MR) is 89.5 cm³/mol. The first-order valence-electron chi connectivity index (χ1n) is 7.21. The smallest absolute Gasteiger partial charge is 0.115 e. The van der Waals surface area contributed by atoms with Crippen molar-refractivity contribution >= 4 is 17.8 Å². The van der Waals surface area contributed by atoms with Gasteiger partial charge in [0.1, 0.15) is 5.75 Å². The Morgan fingerprint density at radius 3 is 2.57 bits per heavy atom. The topological polar surface area (TPSA) is 32.6 Å². The number of phenolic OH excluding ortho intramolecular Hbond substituents is 1. The van der Waals surface area contributed by atoms with E-state index in [1.165, 1.54) is 11.1 Å². The van der Waals surface area contributed by atoms with E-state index < -0.39 is 0 Å². The maximum Gasteiger partial charge on any atom is 0.115 e. The Morgan fingerprint density at radius 1 is 1.14 bits per heavy atom. The molecule has 0 bridgehead atoms. The van der Waals surface area contributed by atoms with Gasteiger partial charge in [0.2, 0.25) is 0 Å². The number of hydrogen-bond acceptors (Lipinski definition) is 2. The maximum absolute atomic E-state index is 9.30. The molecule has 0 spiro atoms.